The second-order valence-electron chi connectivity index (χ2n) is 4.60. The maximum absolute atomic E-state index is 11.2. The van der Waals surface area contributed by atoms with Gasteiger partial charge in [-0.3, -0.25) is 4.57 Å². The molecule has 0 bridgehead atoms. The Morgan fingerprint density at radius 1 is 1.56 bits per heavy atom. The summed E-state index contributed by atoms with van der Waals surface area (Å²) in [5, 5.41) is 0. The summed E-state index contributed by atoms with van der Waals surface area (Å²) >= 11 is 0. The lowest BCUT2D eigenvalue weighted by molar-refractivity contribution is -0.243. The fraction of sp³-hybridized carbons (Fsp3) is 1.00. The standard InChI is InChI=1S/C9H16BO5P/c1-5(2)14-8-3-7(10)9-6(8)4-13-16(11,12)15-9/h5-9H,3-4H2,1-2H3,(H,11,12)/p-1/t6-,7+,8-,9?/m1/s1. The van der Waals surface area contributed by atoms with Crippen LogP contribution in [0.4, 0.5) is 0 Å². The van der Waals surface area contributed by atoms with Crippen LogP contribution in [0.15, 0.2) is 0 Å². The van der Waals surface area contributed by atoms with Crippen molar-refractivity contribution in [1.82, 2.24) is 0 Å². The van der Waals surface area contributed by atoms with Crippen LogP contribution in [0, 0.1) is 5.92 Å². The van der Waals surface area contributed by atoms with Crippen molar-refractivity contribution in [2.24, 2.45) is 5.92 Å². The number of ether oxygens (including phenoxy) is 1. The highest BCUT2D eigenvalue weighted by molar-refractivity contribution is 7.45. The zero-order chi connectivity index (χ0) is 11.9. The lowest BCUT2D eigenvalue weighted by Crippen LogP contribution is -2.38. The zero-order valence-electron chi connectivity index (χ0n) is 9.37. The van der Waals surface area contributed by atoms with Gasteiger partial charge in [-0.1, -0.05) is 0 Å². The third-order valence-corrected chi connectivity index (χ3v) is 3.92. The van der Waals surface area contributed by atoms with Crippen molar-refractivity contribution in [3.63, 3.8) is 0 Å². The van der Waals surface area contributed by atoms with Crippen molar-refractivity contribution < 1.29 is 23.2 Å². The third-order valence-electron chi connectivity index (χ3n) is 2.95. The van der Waals surface area contributed by atoms with Crippen LogP contribution in [0.2, 0.25) is 5.82 Å². The van der Waals surface area contributed by atoms with E-state index in [1.807, 2.05) is 13.8 Å². The summed E-state index contributed by atoms with van der Waals surface area (Å²) in [6.45, 7) is 3.97. The molecule has 90 valence electrons. The molecule has 0 aromatic heterocycles. The molecule has 1 saturated carbocycles. The van der Waals surface area contributed by atoms with E-state index in [0.717, 1.165) is 0 Å². The molecule has 1 saturated heterocycles. The Balaban J connectivity index is 2.06. The van der Waals surface area contributed by atoms with Gasteiger partial charge in [0.1, 0.15) is 0 Å². The van der Waals surface area contributed by atoms with E-state index in [-0.39, 0.29) is 30.5 Å². The van der Waals surface area contributed by atoms with Gasteiger partial charge in [-0.2, -0.15) is 0 Å². The molecule has 0 spiro atoms. The molecule has 1 aliphatic heterocycles. The van der Waals surface area contributed by atoms with Gasteiger partial charge >= 0.3 is 0 Å². The predicted octanol–water partition coefficient (Wildman–Crippen LogP) is 0.641. The van der Waals surface area contributed by atoms with Crippen LogP contribution in [0.1, 0.15) is 20.3 Å². The summed E-state index contributed by atoms with van der Waals surface area (Å²) in [6.07, 6.45) is 0.106. The highest BCUT2D eigenvalue weighted by Crippen LogP contribution is 2.53. The monoisotopic (exact) mass is 245 g/mol. The number of hydrogen-bond acceptors (Lipinski definition) is 5. The Morgan fingerprint density at radius 3 is 2.88 bits per heavy atom. The summed E-state index contributed by atoms with van der Waals surface area (Å²) in [6, 6.07) is 0. The van der Waals surface area contributed by atoms with E-state index < -0.39 is 13.9 Å². The lowest BCUT2D eigenvalue weighted by Gasteiger charge is -2.38. The molecule has 2 fully saturated rings. The van der Waals surface area contributed by atoms with E-state index in [1.54, 1.807) is 0 Å². The van der Waals surface area contributed by atoms with E-state index in [1.165, 1.54) is 0 Å². The Bertz CT molecular complexity index is 310. The lowest BCUT2D eigenvalue weighted by atomic mass is 9.83. The topological polar surface area (TPSA) is 67.8 Å². The van der Waals surface area contributed by atoms with Gasteiger partial charge in [-0.25, -0.2) is 0 Å². The first-order valence-electron chi connectivity index (χ1n) is 5.44. The molecule has 0 amide bonds. The maximum atomic E-state index is 11.2. The molecule has 0 N–H and O–H groups in total. The second kappa shape index (κ2) is 4.43. The van der Waals surface area contributed by atoms with Gasteiger partial charge in [0.25, 0.3) is 7.82 Å². The Labute approximate surface area is 96.5 Å². The van der Waals surface area contributed by atoms with Crippen LogP contribution in [-0.2, 0) is 18.3 Å². The molecule has 2 rings (SSSR count). The zero-order valence-corrected chi connectivity index (χ0v) is 10.3. The summed E-state index contributed by atoms with van der Waals surface area (Å²) in [7, 11) is 1.72. The number of fused-ring (bicyclic) bond motifs is 1. The molecule has 1 aliphatic carbocycles. The number of rotatable bonds is 2. The summed E-state index contributed by atoms with van der Waals surface area (Å²) < 4.78 is 26.4. The minimum atomic E-state index is -4.14. The van der Waals surface area contributed by atoms with Crippen molar-refractivity contribution in [3.05, 3.63) is 0 Å². The third kappa shape index (κ3) is 2.52. The molecule has 1 heterocycles. The molecular weight excluding hydrogens is 230 g/mol. The van der Waals surface area contributed by atoms with Gasteiger partial charge in [-0.05, 0) is 26.1 Å². The molecule has 0 aromatic carbocycles. The van der Waals surface area contributed by atoms with E-state index in [4.69, 9.17) is 17.1 Å². The van der Waals surface area contributed by atoms with Crippen molar-refractivity contribution in [3.8, 4) is 0 Å². The van der Waals surface area contributed by atoms with Gasteiger partial charge < -0.3 is 18.7 Å². The molecule has 5 atom stereocenters. The van der Waals surface area contributed by atoms with E-state index in [2.05, 4.69) is 4.52 Å². The number of phosphoric acid groups is 1. The fourth-order valence-electron chi connectivity index (χ4n) is 2.33. The van der Waals surface area contributed by atoms with E-state index in [0.29, 0.717) is 6.42 Å². The van der Waals surface area contributed by atoms with Crippen molar-refractivity contribution in [2.45, 2.75) is 44.4 Å². The molecule has 5 nitrogen and oxygen atoms in total. The Hall–Kier alpha value is 0.135. The largest absolute Gasteiger partial charge is 0.756 e. The molecule has 2 aliphatic rings. The Kier molecular flexibility index (Phi) is 3.48. The quantitative estimate of drug-likeness (QED) is 0.527. The van der Waals surface area contributed by atoms with E-state index in [9.17, 15) is 9.46 Å². The number of phosphoric ester groups is 1. The highest BCUT2D eigenvalue weighted by Gasteiger charge is 2.47. The van der Waals surface area contributed by atoms with Crippen LogP contribution >= 0.6 is 7.82 Å². The SMILES string of the molecule is [B][C@H]1C[C@@H](OC(C)C)[C@H]2COP(=O)([O-])OC12. The van der Waals surface area contributed by atoms with Crippen LogP contribution in [0.5, 0.6) is 0 Å². The van der Waals surface area contributed by atoms with Crippen molar-refractivity contribution >= 4 is 15.7 Å². The van der Waals surface area contributed by atoms with Crippen LogP contribution < -0.4 is 4.89 Å². The average molecular weight is 245 g/mol. The molecule has 0 aromatic rings. The summed E-state index contributed by atoms with van der Waals surface area (Å²) in [5.41, 5.74) is 0. The Morgan fingerprint density at radius 2 is 2.25 bits per heavy atom. The maximum Gasteiger partial charge on any atom is 0.268 e. The van der Waals surface area contributed by atoms with Gasteiger partial charge in [-0.15, -0.1) is 0 Å². The van der Waals surface area contributed by atoms with E-state index >= 15 is 0 Å². The minimum Gasteiger partial charge on any atom is -0.756 e. The molecule has 7 heteroatoms. The van der Waals surface area contributed by atoms with Crippen LogP contribution in [0.25, 0.3) is 0 Å². The molecular formula is C9H15BO5P-. The number of hydrogen-bond donors (Lipinski definition) is 0. The van der Waals surface area contributed by atoms with Crippen molar-refractivity contribution in [1.29, 1.82) is 0 Å². The van der Waals surface area contributed by atoms with Gasteiger partial charge in [0.15, 0.2) is 0 Å². The first kappa shape index (κ1) is 12.6. The van der Waals surface area contributed by atoms with Gasteiger partial charge in [0.2, 0.25) is 0 Å². The molecule has 16 heavy (non-hydrogen) atoms. The molecule has 2 radical (unpaired) electrons. The predicted molar refractivity (Wildman–Crippen MR) is 56.1 cm³/mol. The van der Waals surface area contributed by atoms with Gasteiger partial charge in [0.05, 0.1) is 32.8 Å². The first-order valence-corrected chi connectivity index (χ1v) is 6.90. The average Bonchev–Trinajstić information content (AvgIpc) is 2.40. The summed E-state index contributed by atoms with van der Waals surface area (Å²) in [5.74, 6) is -0.395. The minimum absolute atomic E-state index is 0.0805. The highest BCUT2D eigenvalue weighted by atomic mass is 31.2. The normalized spacial score (nSPS) is 48.2. The summed E-state index contributed by atoms with van der Waals surface area (Å²) in [4.78, 5) is 11.2. The van der Waals surface area contributed by atoms with Crippen LogP contribution in [-0.4, -0.2) is 32.8 Å². The smallest absolute Gasteiger partial charge is 0.268 e. The van der Waals surface area contributed by atoms with Crippen LogP contribution in [0.3, 0.4) is 0 Å². The van der Waals surface area contributed by atoms with Crippen molar-refractivity contribution in [2.75, 3.05) is 6.61 Å². The second-order valence-corrected chi connectivity index (χ2v) is 5.96. The molecule has 2 unspecified atom stereocenters. The van der Waals surface area contributed by atoms with Gasteiger partial charge in [0, 0.05) is 5.92 Å². The first-order chi connectivity index (χ1) is 7.39. The fourth-order valence-corrected chi connectivity index (χ4v) is 3.35.